The van der Waals surface area contributed by atoms with E-state index in [1.165, 1.54) is 6.07 Å². The van der Waals surface area contributed by atoms with Gasteiger partial charge in [0.15, 0.2) is 0 Å². The fourth-order valence-electron chi connectivity index (χ4n) is 1.41. The molecule has 0 saturated carbocycles. The van der Waals surface area contributed by atoms with Crippen molar-refractivity contribution in [2.75, 3.05) is 0 Å². The maximum absolute atomic E-state index is 12.0. The second kappa shape index (κ2) is 5.10. The number of pyridine rings is 1. The molecule has 0 radical (unpaired) electrons. The summed E-state index contributed by atoms with van der Waals surface area (Å²) in [4.78, 5) is 3.97. The van der Waals surface area contributed by atoms with E-state index < -0.39 is 6.61 Å². The van der Waals surface area contributed by atoms with Gasteiger partial charge in [0, 0.05) is 18.0 Å². The second-order valence-electron chi connectivity index (χ2n) is 3.27. The fourth-order valence-corrected chi connectivity index (χ4v) is 1.63. The highest BCUT2D eigenvalue weighted by atomic mass is 35.5. The molecule has 2 rings (SSSR count). The van der Waals surface area contributed by atoms with Crippen molar-refractivity contribution in [1.82, 2.24) is 4.98 Å². The number of hydrogen-bond donors (Lipinski definition) is 0. The first-order chi connectivity index (χ1) is 8.16. The summed E-state index contributed by atoms with van der Waals surface area (Å²) in [5.74, 6) is -0.0330. The van der Waals surface area contributed by atoms with Crippen molar-refractivity contribution >= 4 is 11.6 Å². The molecule has 0 saturated heterocycles. The van der Waals surface area contributed by atoms with Crippen LogP contribution in [-0.4, -0.2) is 11.6 Å². The molecule has 0 fully saturated rings. The van der Waals surface area contributed by atoms with Crippen LogP contribution in [0.4, 0.5) is 8.78 Å². The number of hydrogen-bond acceptors (Lipinski definition) is 2. The highest BCUT2D eigenvalue weighted by molar-refractivity contribution is 6.32. The number of aromatic nitrogens is 1. The van der Waals surface area contributed by atoms with Gasteiger partial charge in [-0.05, 0) is 23.8 Å². The zero-order valence-corrected chi connectivity index (χ0v) is 9.36. The molecule has 2 nitrogen and oxygen atoms in total. The number of ether oxygens (including phenoxy) is 1. The van der Waals surface area contributed by atoms with Crippen molar-refractivity contribution in [3.63, 3.8) is 0 Å². The van der Waals surface area contributed by atoms with Crippen molar-refractivity contribution < 1.29 is 13.5 Å². The minimum absolute atomic E-state index is 0.0330. The van der Waals surface area contributed by atoms with Gasteiger partial charge in [0.25, 0.3) is 0 Å². The first-order valence-corrected chi connectivity index (χ1v) is 5.19. The zero-order chi connectivity index (χ0) is 12.3. The number of halogens is 3. The number of rotatable bonds is 3. The largest absolute Gasteiger partial charge is 0.433 e. The third-order valence-electron chi connectivity index (χ3n) is 2.14. The highest BCUT2D eigenvalue weighted by Gasteiger charge is 2.09. The Bertz CT molecular complexity index is 505. The lowest BCUT2D eigenvalue weighted by atomic mass is 10.1. The van der Waals surface area contributed by atoms with Crippen LogP contribution >= 0.6 is 11.6 Å². The summed E-state index contributed by atoms with van der Waals surface area (Å²) in [6.07, 6.45) is 3.32. The molecule has 5 heteroatoms. The van der Waals surface area contributed by atoms with Crippen molar-refractivity contribution in [2.45, 2.75) is 6.61 Å². The Hall–Kier alpha value is -1.68. The predicted octanol–water partition coefficient (Wildman–Crippen LogP) is 4.00. The lowest BCUT2D eigenvalue weighted by molar-refractivity contribution is -0.0497. The van der Waals surface area contributed by atoms with Crippen LogP contribution in [0.3, 0.4) is 0 Å². The predicted molar refractivity (Wildman–Crippen MR) is 61.3 cm³/mol. The number of nitrogens with zero attached hydrogens (tertiary/aromatic N) is 1. The van der Waals surface area contributed by atoms with E-state index in [4.69, 9.17) is 11.6 Å². The molecule has 0 N–H and O–H groups in total. The van der Waals surface area contributed by atoms with E-state index in [1.54, 1.807) is 30.6 Å². The minimum Gasteiger partial charge on any atom is -0.433 e. The smallest absolute Gasteiger partial charge is 0.387 e. The summed E-state index contributed by atoms with van der Waals surface area (Å²) in [7, 11) is 0. The summed E-state index contributed by atoms with van der Waals surface area (Å²) in [5.41, 5.74) is 1.66. The number of benzene rings is 1. The molecular weight excluding hydrogens is 248 g/mol. The summed E-state index contributed by atoms with van der Waals surface area (Å²) in [6, 6.07) is 8.27. The standard InChI is InChI=1S/C12H8ClF2NO/c13-10-6-8(9-2-1-5-16-7-9)3-4-11(10)17-12(14)15/h1-7,12H. The molecule has 0 aliphatic rings. The Balaban J connectivity index is 2.31. The molecule has 0 aliphatic heterocycles. The van der Waals surface area contributed by atoms with Crippen LogP contribution < -0.4 is 4.74 Å². The average Bonchev–Trinajstić information content (AvgIpc) is 2.32. The van der Waals surface area contributed by atoms with E-state index >= 15 is 0 Å². The molecule has 88 valence electrons. The lowest BCUT2D eigenvalue weighted by Gasteiger charge is -2.08. The molecule has 0 amide bonds. The Kier molecular flexibility index (Phi) is 3.54. The Labute approximate surface area is 102 Å². The second-order valence-corrected chi connectivity index (χ2v) is 3.67. The molecule has 0 aliphatic carbocycles. The van der Waals surface area contributed by atoms with E-state index in [-0.39, 0.29) is 10.8 Å². The van der Waals surface area contributed by atoms with Crippen molar-refractivity contribution in [3.8, 4) is 16.9 Å². The molecule has 2 aromatic rings. The average molecular weight is 256 g/mol. The molecule has 0 unspecified atom stereocenters. The van der Waals surface area contributed by atoms with Crippen LogP contribution in [-0.2, 0) is 0 Å². The first kappa shape index (κ1) is 11.8. The van der Waals surface area contributed by atoms with E-state index in [9.17, 15) is 8.78 Å². The first-order valence-electron chi connectivity index (χ1n) is 4.81. The Morgan fingerprint density at radius 3 is 2.59 bits per heavy atom. The SMILES string of the molecule is FC(F)Oc1ccc(-c2cccnc2)cc1Cl. The molecule has 1 aromatic heterocycles. The fraction of sp³-hybridized carbons (Fsp3) is 0.0833. The summed E-state index contributed by atoms with van der Waals surface area (Å²) in [6.45, 7) is -2.88. The molecule has 1 aromatic carbocycles. The third kappa shape index (κ3) is 2.91. The Morgan fingerprint density at radius 1 is 1.18 bits per heavy atom. The van der Waals surface area contributed by atoms with Gasteiger partial charge >= 0.3 is 6.61 Å². The highest BCUT2D eigenvalue weighted by Crippen LogP contribution is 2.30. The van der Waals surface area contributed by atoms with Crippen LogP contribution in [0.25, 0.3) is 11.1 Å². The van der Waals surface area contributed by atoms with Gasteiger partial charge in [-0.3, -0.25) is 4.98 Å². The van der Waals surface area contributed by atoms with Gasteiger partial charge in [0.2, 0.25) is 0 Å². The van der Waals surface area contributed by atoms with Crippen LogP contribution in [0.2, 0.25) is 5.02 Å². The molecular formula is C12H8ClF2NO. The normalized spacial score (nSPS) is 10.6. The van der Waals surface area contributed by atoms with E-state index in [0.717, 1.165) is 11.1 Å². The summed E-state index contributed by atoms with van der Waals surface area (Å²) < 4.78 is 28.3. The van der Waals surface area contributed by atoms with Crippen LogP contribution in [0.1, 0.15) is 0 Å². The maximum atomic E-state index is 12.0. The monoisotopic (exact) mass is 255 g/mol. The zero-order valence-electron chi connectivity index (χ0n) is 8.61. The topological polar surface area (TPSA) is 22.1 Å². The van der Waals surface area contributed by atoms with Crippen molar-refractivity contribution in [2.24, 2.45) is 0 Å². The maximum Gasteiger partial charge on any atom is 0.387 e. The van der Waals surface area contributed by atoms with Crippen LogP contribution in [0, 0.1) is 0 Å². The quantitative estimate of drug-likeness (QED) is 0.827. The van der Waals surface area contributed by atoms with Gasteiger partial charge in [-0.2, -0.15) is 8.78 Å². The van der Waals surface area contributed by atoms with Gasteiger partial charge < -0.3 is 4.74 Å². The van der Waals surface area contributed by atoms with E-state index in [2.05, 4.69) is 9.72 Å². The third-order valence-corrected chi connectivity index (χ3v) is 2.44. The molecule has 0 atom stereocenters. The van der Waals surface area contributed by atoms with Crippen LogP contribution in [0.15, 0.2) is 42.7 Å². The minimum atomic E-state index is -2.88. The van der Waals surface area contributed by atoms with Crippen LogP contribution in [0.5, 0.6) is 5.75 Å². The molecule has 0 bridgehead atoms. The lowest BCUT2D eigenvalue weighted by Crippen LogP contribution is -2.02. The van der Waals surface area contributed by atoms with E-state index in [1.807, 2.05) is 6.07 Å². The van der Waals surface area contributed by atoms with Gasteiger partial charge in [-0.1, -0.05) is 23.7 Å². The summed E-state index contributed by atoms with van der Waals surface area (Å²) >= 11 is 5.84. The molecule has 17 heavy (non-hydrogen) atoms. The summed E-state index contributed by atoms with van der Waals surface area (Å²) in [5, 5.41) is 0.145. The molecule has 0 spiro atoms. The van der Waals surface area contributed by atoms with Crippen molar-refractivity contribution in [3.05, 3.63) is 47.7 Å². The number of alkyl halides is 2. The van der Waals surface area contributed by atoms with E-state index in [0.29, 0.717) is 0 Å². The van der Waals surface area contributed by atoms with Gasteiger partial charge in [0.1, 0.15) is 5.75 Å². The van der Waals surface area contributed by atoms with Gasteiger partial charge in [-0.15, -0.1) is 0 Å². The van der Waals surface area contributed by atoms with Gasteiger partial charge in [0.05, 0.1) is 5.02 Å². The van der Waals surface area contributed by atoms with Gasteiger partial charge in [-0.25, -0.2) is 0 Å². The Morgan fingerprint density at radius 2 is 2.00 bits per heavy atom. The van der Waals surface area contributed by atoms with Crippen molar-refractivity contribution in [1.29, 1.82) is 0 Å². The molecule has 1 heterocycles.